The Labute approximate surface area is 159 Å². The quantitative estimate of drug-likeness (QED) is 0.372. The van der Waals surface area contributed by atoms with Crippen LogP contribution in [-0.2, 0) is 14.3 Å². The molecule has 1 atom stereocenters. The highest BCUT2D eigenvalue weighted by Gasteiger charge is 2.19. The number of carbonyl (C=O) groups excluding carboxylic acids is 3. The van der Waals surface area contributed by atoms with E-state index in [0.717, 1.165) is 6.42 Å². The highest BCUT2D eigenvalue weighted by Crippen LogP contribution is 2.15. The van der Waals surface area contributed by atoms with E-state index in [1.165, 1.54) is 0 Å². The molecular formula is C17H32BrN3O4. The van der Waals surface area contributed by atoms with Crippen molar-refractivity contribution in [2.75, 3.05) is 25.0 Å². The Morgan fingerprint density at radius 2 is 1.56 bits per heavy atom. The van der Waals surface area contributed by atoms with E-state index in [1.807, 2.05) is 0 Å². The Morgan fingerprint density at radius 3 is 2.04 bits per heavy atom. The van der Waals surface area contributed by atoms with Crippen molar-refractivity contribution in [2.45, 2.75) is 53.1 Å². The number of alkyl carbamates (subject to hydrolysis) is 1. The summed E-state index contributed by atoms with van der Waals surface area (Å²) in [5.74, 6) is 0.235. The molecule has 0 saturated heterocycles. The Balaban J connectivity index is 4.26. The maximum absolute atomic E-state index is 12.0. The van der Waals surface area contributed by atoms with Crippen LogP contribution in [0.15, 0.2) is 0 Å². The average molecular weight is 422 g/mol. The SMILES string of the molecule is CC(C)C[C@H](CNC(=O)OC(C)(C)C)CC(=O)NCCNC(=O)CBr. The van der Waals surface area contributed by atoms with Gasteiger partial charge in [-0.15, -0.1) is 0 Å². The van der Waals surface area contributed by atoms with Crippen LogP contribution in [0.3, 0.4) is 0 Å². The molecule has 3 N–H and O–H groups in total. The summed E-state index contributed by atoms with van der Waals surface area (Å²) in [6.07, 6.45) is 0.670. The number of ether oxygens (including phenoxy) is 1. The Morgan fingerprint density at radius 1 is 1.00 bits per heavy atom. The molecular weight excluding hydrogens is 390 g/mol. The molecule has 0 heterocycles. The van der Waals surface area contributed by atoms with E-state index in [0.29, 0.717) is 32.0 Å². The number of halogens is 1. The van der Waals surface area contributed by atoms with Crippen molar-refractivity contribution in [2.24, 2.45) is 11.8 Å². The molecule has 0 aromatic carbocycles. The fourth-order valence-electron chi connectivity index (χ4n) is 2.23. The molecule has 0 fully saturated rings. The minimum atomic E-state index is -0.547. The van der Waals surface area contributed by atoms with Crippen LogP contribution < -0.4 is 16.0 Å². The van der Waals surface area contributed by atoms with Gasteiger partial charge in [0.1, 0.15) is 5.60 Å². The van der Waals surface area contributed by atoms with Crippen LogP contribution in [0.1, 0.15) is 47.5 Å². The minimum Gasteiger partial charge on any atom is -0.444 e. The van der Waals surface area contributed by atoms with Crippen molar-refractivity contribution < 1.29 is 19.1 Å². The van der Waals surface area contributed by atoms with Crippen LogP contribution >= 0.6 is 15.9 Å². The Bertz CT molecular complexity index is 436. The number of hydrogen-bond donors (Lipinski definition) is 3. The van der Waals surface area contributed by atoms with E-state index in [-0.39, 0.29) is 23.1 Å². The number of amides is 3. The first kappa shape index (κ1) is 23.7. The normalized spacial score (nSPS) is 12.4. The molecule has 0 aliphatic carbocycles. The molecule has 0 aliphatic rings. The third-order valence-corrected chi connectivity index (χ3v) is 3.61. The Hall–Kier alpha value is -1.31. The van der Waals surface area contributed by atoms with Crippen molar-refractivity contribution in [1.82, 2.24) is 16.0 Å². The third kappa shape index (κ3) is 14.7. The Kier molecular flexibility index (Phi) is 11.5. The first-order valence-corrected chi connectivity index (χ1v) is 9.71. The summed E-state index contributed by atoms with van der Waals surface area (Å²) < 4.78 is 5.22. The van der Waals surface area contributed by atoms with Gasteiger partial charge in [-0.1, -0.05) is 29.8 Å². The summed E-state index contributed by atoms with van der Waals surface area (Å²) in [6.45, 7) is 10.7. The lowest BCUT2D eigenvalue weighted by Crippen LogP contribution is -2.38. The molecule has 0 aromatic heterocycles. The number of hydrogen-bond acceptors (Lipinski definition) is 4. The second-order valence-corrected chi connectivity index (χ2v) is 7.98. The zero-order valence-electron chi connectivity index (χ0n) is 15.9. The predicted octanol–water partition coefficient (Wildman–Crippen LogP) is 2.19. The fraction of sp³-hybridized carbons (Fsp3) is 0.824. The largest absolute Gasteiger partial charge is 0.444 e. The van der Waals surface area contributed by atoms with Crippen LogP contribution in [0.5, 0.6) is 0 Å². The first-order valence-electron chi connectivity index (χ1n) is 8.59. The maximum atomic E-state index is 12.0. The summed E-state index contributed by atoms with van der Waals surface area (Å²) in [4.78, 5) is 34.9. The summed E-state index contributed by atoms with van der Waals surface area (Å²) in [7, 11) is 0. The second-order valence-electron chi connectivity index (χ2n) is 7.42. The molecule has 7 nitrogen and oxygen atoms in total. The van der Waals surface area contributed by atoms with E-state index in [9.17, 15) is 14.4 Å². The lowest BCUT2D eigenvalue weighted by molar-refractivity contribution is -0.122. The molecule has 0 spiro atoms. The van der Waals surface area contributed by atoms with Gasteiger partial charge >= 0.3 is 6.09 Å². The van der Waals surface area contributed by atoms with Gasteiger partial charge in [0.05, 0.1) is 5.33 Å². The lowest BCUT2D eigenvalue weighted by atomic mass is 9.94. The van der Waals surface area contributed by atoms with Gasteiger partial charge in [-0.3, -0.25) is 9.59 Å². The van der Waals surface area contributed by atoms with E-state index < -0.39 is 11.7 Å². The van der Waals surface area contributed by atoms with E-state index >= 15 is 0 Å². The van der Waals surface area contributed by atoms with Gasteiger partial charge in [0.2, 0.25) is 11.8 Å². The highest BCUT2D eigenvalue weighted by atomic mass is 79.9. The molecule has 0 saturated carbocycles. The smallest absolute Gasteiger partial charge is 0.407 e. The van der Waals surface area contributed by atoms with Gasteiger partial charge in [0.15, 0.2) is 0 Å². The van der Waals surface area contributed by atoms with Gasteiger partial charge in [0.25, 0.3) is 0 Å². The van der Waals surface area contributed by atoms with Crippen molar-refractivity contribution in [3.05, 3.63) is 0 Å². The summed E-state index contributed by atoms with van der Waals surface area (Å²) >= 11 is 3.05. The standard InChI is InChI=1S/C17H32BrN3O4/c1-12(2)8-13(11-21-16(24)25-17(3,4)5)9-14(22)19-6-7-20-15(23)10-18/h12-13H,6-11H2,1-5H3,(H,19,22)(H,20,23)(H,21,24)/t13-/m0/s1. The molecule has 0 aromatic rings. The van der Waals surface area contributed by atoms with Gasteiger partial charge in [0, 0.05) is 26.1 Å². The molecule has 3 amide bonds. The molecule has 0 unspecified atom stereocenters. The topological polar surface area (TPSA) is 96.5 Å². The second kappa shape index (κ2) is 12.1. The van der Waals surface area contributed by atoms with Crippen molar-refractivity contribution in [1.29, 1.82) is 0 Å². The molecule has 146 valence electrons. The third-order valence-electron chi connectivity index (χ3n) is 3.10. The number of rotatable bonds is 10. The zero-order valence-corrected chi connectivity index (χ0v) is 17.5. The molecule has 0 aliphatic heterocycles. The average Bonchev–Trinajstić information content (AvgIpc) is 2.46. The van der Waals surface area contributed by atoms with Crippen molar-refractivity contribution in [3.8, 4) is 0 Å². The van der Waals surface area contributed by atoms with E-state index in [4.69, 9.17) is 4.74 Å². The molecule has 25 heavy (non-hydrogen) atoms. The monoisotopic (exact) mass is 421 g/mol. The van der Waals surface area contributed by atoms with Gasteiger partial charge in [-0.2, -0.15) is 0 Å². The fourth-order valence-corrected chi connectivity index (χ4v) is 2.43. The summed E-state index contributed by atoms with van der Waals surface area (Å²) in [5.41, 5.74) is -0.547. The molecule has 0 bridgehead atoms. The highest BCUT2D eigenvalue weighted by molar-refractivity contribution is 9.09. The lowest BCUT2D eigenvalue weighted by Gasteiger charge is -2.22. The molecule has 0 radical (unpaired) electrons. The van der Waals surface area contributed by atoms with Gasteiger partial charge in [-0.05, 0) is 39.0 Å². The number of nitrogens with one attached hydrogen (secondary N) is 3. The minimum absolute atomic E-state index is 0.0321. The molecule has 0 rings (SSSR count). The van der Waals surface area contributed by atoms with Crippen LogP contribution in [0.4, 0.5) is 4.79 Å². The van der Waals surface area contributed by atoms with Crippen LogP contribution in [0.25, 0.3) is 0 Å². The van der Waals surface area contributed by atoms with Crippen LogP contribution in [-0.4, -0.2) is 48.5 Å². The molecule has 8 heteroatoms. The van der Waals surface area contributed by atoms with Gasteiger partial charge < -0.3 is 20.7 Å². The first-order chi connectivity index (χ1) is 11.5. The summed E-state index contributed by atoms with van der Waals surface area (Å²) in [5, 5.41) is 8.42. The summed E-state index contributed by atoms with van der Waals surface area (Å²) in [6, 6.07) is 0. The van der Waals surface area contributed by atoms with E-state index in [2.05, 4.69) is 45.7 Å². The van der Waals surface area contributed by atoms with Crippen LogP contribution in [0.2, 0.25) is 0 Å². The van der Waals surface area contributed by atoms with Crippen molar-refractivity contribution in [3.63, 3.8) is 0 Å². The predicted molar refractivity (Wildman–Crippen MR) is 102 cm³/mol. The number of alkyl halides is 1. The van der Waals surface area contributed by atoms with Gasteiger partial charge in [-0.25, -0.2) is 4.79 Å². The van der Waals surface area contributed by atoms with Crippen molar-refractivity contribution >= 4 is 33.8 Å². The van der Waals surface area contributed by atoms with E-state index in [1.54, 1.807) is 20.8 Å². The zero-order chi connectivity index (χ0) is 19.5. The van der Waals surface area contributed by atoms with Crippen LogP contribution in [0, 0.1) is 11.8 Å². The number of carbonyl (C=O) groups is 3. The maximum Gasteiger partial charge on any atom is 0.407 e.